The van der Waals surface area contributed by atoms with Crippen LogP contribution in [0.2, 0.25) is 0 Å². The molecule has 1 saturated heterocycles. The van der Waals surface area contributed by atoms with Crippen LogP contribution in [0.1, 0.15) is 30.0 Å². The second kappa shape index (κ2) is 4.93. The van der Waals surface area contributed by atoms with Crippen molar-refractivity contribution in [3.8, 4) is 0 Å². The number of hydrogen-bond acceptors (Lipinski definition) is 3. The molecule has 2 N–H and O–H groups in total. The summed E-state index contributed by atoms with van der Waals surface area (Å²) in [5, 5.41) is 13.8. The lowest BCUT2D eigenvalue weighted by Gasteiger charge is -2.24. The van der Waals surface area contributed by atoms with E-state index in [0.717, 1.165) is 19.3 Å². The Kier molecular flexibility index (Phi) is 3.45. The van der Waals surface area contributed by atoms with E-state index in [9.17, 15) is 5.11 Å². The van der Waals surface area contributed by atoms with E-state index in [1.165, 1.54) is 15.6 Å². The van der Waals surface area contributed by atoms with E-state index in [0.29, 0.717) is 25.8 Å². The number of benzene rings is 1. The molecule has 0 aromatic heterocycles. The van der Waals surface area contributed by atoms with Crippen molar-refractivity contribution in [2.45, 2.75) is 30.9 Å². The monoisotopic (exact) mass is 311 g/mol. The fourth-order valence-corrected chi connectivity index (χ4v) is 3.45. The topological polar surface area (TPSA) is 41.5 Å². The van der Waals surface area contributed by atoms with Gasteiger partial charge in [-0.15, -0.1) is 0 Å². The van der Waals surface area contributed by atoms with Gasteiger partial charge in [-0.1, -0.05) is 28.1 Å². The fraction of sp³-hybridized carbons (Fsp3) is 0.571. The number of aliphatic hydroxyl groups is 1. The van der Waals surface area contributed by atoms with Crippen LogP contribution in [0, 0.1) is 0 Å². The van der Waals surface area contributed by atoms with Crippen LogP contribution >= 0.6 is 15.9 Å². The zero-order valence-corrected chi connectivity index (χ0v) is 11.9. The maximum absolute atomic E-state index is 10.3. The van der Waals surface area contributed by atoms with E-state index in [2.05, 4.69) is 39.4 Å². The van der Waals surface area contributed by atoms with E-state index in [4.69, 9.17) is 4.74 Å². The van der Waals surface area contributed by atoms with E-state index < -0.39 is 5.60 Å². The molecule has 1 heterocycles. The molecule has 2 atom stereocenters. The average Bonchev–Trinajstić information content (AvgIpc) is 2.95. The van der Waals surface area contributed by atoms with Crippen LogP contribution in [0.4, 0.5) is 0 Å². The van der Waals surface area contributed by atoms with Gasteiger partial charge in [-0.05, 0) is 30.0 Å². The van der Waals surface area contributed by atoms with Gasteiger partial charge in [0.1, 0.15) is 5.60 Å². The molecule has 3 nitrogen and oxygen atoms in total. The Balaban J connectivity index is 1.68. The van der Waals surface area contributed by atoms with Gasteiger partial charge < -0.3 is 15.2 Å². The fourth-order valence-electron chi connectivity index (χ4n) is 2.87. The predicted molar refractivity (Wildman–Crippen MR) is 73.6 cm³/mol. The molecule has 1 aromatic rings. The summed E-state index contributed by atoms with van der Waals surface area (Å²) in [5.74, 6) is 0. The first-order valence-corrected chi connectivity index (χ1v) is 7.28. The molecule has 0 amide bonds. The highest BCUT2D eigenvalue weighted by molar-refractivity contribution is 9.10. The van der Waals surface area contributed by atoms with Crippen LogP contribution in [0.5, 0.6) is 0 Å². The van der Waals surface area contributed by atoms with Crippen LogP contribution in [0.3, 0.4) is 0 Å². The Hall–Kier alpha value is -0.420. The van der Waals surface area contributed by atoms with Crippen molar-refractivity contribution in [1.29, 1.82) is 0 Å². The third-order valence-corrected chi connectivity index (χ3v) is 4.72. The molecule has 1 aliphatic heterocycles. The van der Waals surface area contributed by atoms with Crippen molar-refractivity contribution in [2.24, 2.45) is 0 Å². The van der Waals surface area contributed by atoms with Crippen molar-refractivity contribution >= 4 is 15.9 Å². The molecular formula is C14H18BrNO2. The van der Waals surface area contributed by atoms with Crippen LogP contribution in [0.25, 0.3) is 0 Å². The maximum Gasteiger partial charge on any atom is 0.103 e. The maximum atomic E-state index is 10.3. The number of halogens is 1. The molecule has 0 bridgehead atoms. The van der Waals surface area contributed by atoms with Gasteiger partial charge >= 0.3 is 0 Å². The van der Waals surface area contributed by atoms with Gasteiger partial charge in [0.2, 0.25) is 0 Å². The second-order valence-corrected chi connectivity index (χ2v) is 6.16. The number of ether oxygens (including phenoxy) is 1. The third-order valence-electron chi connectivity index (χ3n) is 3.97. The first-order valence-electron chi connectivity index (χ1n) is 6.49. The Bertz CT molecular complexity index is 443. The van der Waals surface area contributed by atoms with Crippen molar-refractivity contribution in [1.82, 2.24) is 5.32 Å². The lowest BCUT2D eigenvalue weighted by Crippen LogP contribution is -2.42. The molecule has 1 fully saturated rings. The van der Waals surface area contributed by atoms with Crippen LogP contribution in [-0.2, 0) is 11.2 Å². The van der Waals surface area contributed by atoms with Gasteiger partial charge in [-0.3, -0.25) is 0 Å². The smallest absolute Gasteiger partial charge is 0.103 e. The molecule has 3 rings (SSSR count). The molecule has 1 aliphatic carbocycles. The van der Waals surface area contributed by atoms with E-state index in [1.54, 1.807) is 0 Å². The van der Waals surface area contributed by atoms with Crippen molar-refractivity contribution < 1.29 is 9.84 Å². The Morgan fingerprint density at radius 2 is 2.39 bits per heavy atom. The summed E-state index contributed by atoms with van der Waals surface area (Å²) in [6.07, 6.45) is 2.94. The van der Waals surface area contributed by atoms with Crippen LogP contribution in [-0.4, -0.2) is 30.5 Å². The Morgan fingerprint density at radius 3 is 3.17 bits per heavy atom. The zero-order valence-electron chi connectivity index (χ0n) is 10.3. The number of rotatable bonds is 3. The summed E-state index contributed by atoms with van der Waals surface area (Å²) < 4.78 is 6.47. The summed E-state index contributed by atoms with van der Waals surface area (Å²) in [6.45, 7) is 1.74. The molecule has 0 radical (unpaired) electrons. The molecule has 2 aliphatic rings. The summed E-state index contributed by atoms with van der Waals surface area (Å²) >= 11 is 3.61. The highest BCUT2D eigenvalue weighted by Crippen LogP contribution is 2.35. The van der Waals surface area contributed by atoms with Gasteiger partial charge in [0.05, 0.1) is 6.61 Å². The largest absolute Gasteiger partial charge is 0.386 e. The minimum Gasteiger partial charge on any atom is -0.386 e. The zero-order chi connectivity index (χ0) is 12.6. The summed E-state index contributed by atoms with van der Waals surface area (Å²) in [7, 11) is 0. The quantitative estimate of drug-likeness (QED) is 0.899. The molecule has 1 aromatic carbocycles. The molecule has 0 unspecified atom stereocenters. The van der Waals surface area contributed by atoms with Gasteiger partial charge in [-0.2, -0.15) is 0 Å². The minimum absolute atomic E-state index is 0.363. The Morgan fingerprint density at radius 1 is 1.50 bits per heavy atom. The lowest BCUT2D eigenvalue weighted by molar-refractivity contribution is 0.0248. The summed E-state index contributed by atoms with van der Waals surface area (Å²) in [6, 6.07) is 6.72. The normalized spacial score (nSPS) is 30.7. The highest BCUT2D eigenvalue weighted by atomic mass is 79.9. The van der Waals surface area contributed by atoms with Crippen LogP contribution in [0.15, 0.2) is 22.7 Å². The second-order valence-electron chi connectivity index (χ2n) is 5.31. The SMILES string of the molecule is O[C@@]1(CN[C@H]2CCc3c(Br)cccc32)CCOC1. The first kappa shape index (κ1) is 12.6. The standard InChI is InChI=1S/C14H18BrNO2/c15-12-3-1-2-11-10(12)4-5-13(11)16-8-14(17)6-7-18-9-14/h1-3,13,16-17H,4-9H2/t13-,14+/m0/s1. The molecule has 0 saturated carbocycles. The van der Waals surface area contributed by atoms with Crippen LogP contribution < -0.4 is 5.32 Å². The molecule has 98 valence electrons. The van der Waals surface area contributed by atoms with Crippen molar-refractivity contribution in [2.75, 3.05) is 19.8 Å². The highest BCUT2D eigenvalue weighted by Gasteiger charge is 2.33. The average molecular weight is 312 g/mol. The molecule has 4 heteroatoms. The predicted octanol–water partition coefficient (Wildman–Crippen LogP) is 2.18. The van der Waals surface area contributed by atoms with E-state index in [1.807, 2.05) is 0 Å². The molecule has 18 heavy (non-hydrogen) atoms. The first-order chi connectivity index (χ1) is 8.68. The minimum atomic E-state index is -0.672. The van der Waals surface area contributed by atoms with E-state index in [-0.39, 0.29) is 0 Å². The summed E-state index contributed by atoms with van der Waals surface area (Å²) in [5.41, 5.74) is 2.10. The van der Waals surface area contributed by atoms with E-state index >= 15 is 0 Å². The number of fused-ring (bicyclic) bond motifs is 1. The van der Waals surface area contributed by atoms with Gasteiger partial charge in [-0.25, -0.2) is 0 Å². The van der Waals surface area contributed by atoms with Crippen molar-refractivity contribution in [3.63, 3.8) is 0 Å². The molecular weight excluding hydrogens is 294 g/mol. The van der Waals surface area contributed by atoms with Gasteiger partial charge in [0.15, 0.2) is 0 Å². The number of hydrogen-bond donors (Lipinski definition) is 2. The summed E-state index contributed by atoms with van der Waals surface area (Å²) in [4.78, 5) is 0. The Labute approximate surface area is 116 Å². The van der Waals surface area contributed by atoms with Gasteiger partial charge in [0.25, 0.3) is 0 Å². The van der Waals surface area contributed by atoms with Gasteiger partial charge in [0, 0.05) is 30.1 Å². The number of nitrogens with one attached hydrogen (secondary N) is 1. The molecule has 0 spiro atoms. The lowest BCUT2D eigenvalue weighted by atomic mass is 10.0. The van der Waals surface area contributed by atoms with Crippen molar-refractivity contribution in [3.05, 3.63) is 33.8 Å². The third kappa shape index (κ3) is 2.35.